The molecule has 1 N–H and O–H groups in total. The van der Waals surface area contributed by atoms with Gasteiger partial charge in [0.05, 0.1) is 11.7 Å². The van der Waals surface area contributed by atoms with Crippen LogP contribution < -0.4 is 10.1 Å². The molecule has 0 radical (unpaired) electrons. The zero-order chi connectivity index (χ0) is 24.1. The summed E-state index contributed by atoms with van der Waals surface area (Å²) in [5.74, 6) is 0.714. The lowest BCUT2D eigenvalue weighted by Gasteiger charge is -2.22. The molecule has 0 saturated carbocycles. The van der Waals surface area contributed by atoms with Crippen molar-refractivity contribution >= 4 is 5.91 Å². The number of carbonyl (C=O) groups excluding carboxylic acids is 1. The van der Waals surface area contributed by atoms with E-state index >= 15 is 0 Å². The van der Waals surface area contributed by atoms with E-state index in [4.69, 9.17) is 14.0 Å². The van der Waals surface area contributed by atoms with E-state index in [0.717, 1.165) is 43.6 Å². The quantitative estimate of drug-likeness (QED) is 0.496. The number of benzene rings is 2. The Kier molecular flexibility index (Phi) is 7.21. The van der Waals surface area contributed by atoms with Crippen molar-refractivity contribution in [2.24, 2.45) is 0 Å². The molecule has 34 heavy (non-hydrogen) atoms. The maximum atomic E-state index is 12.8. The van der Waals surface area contributed by atoms with Gasteiger partial charge in [0.1, 0.15) is 11.4 Å². The van der Waals surface area contributed by atoms with E-state index in [1.807, 2.05) is 0 Å². The summed E-state index contributed by atoms with van der Waals surface area (Å²) in [6.07, 6.45) is -1.21. The van der Waals surface area contributed by atoms with Gasteiger partial charge in [-0.3, -0.25) is 4.79 Å². The molecule has 1 unspecified atom stereocenters. The second-order valence-electron chi connectivity index (χ2n) is 8.17. The van der Waals surface area contributed by atoms with Crippen molar-refractivity contribution in [1.82, 2.24) is 10.5 Å². The Hall–Kier alpha value is -3.33. The van der Waals surface area contributed by atoms with E-state index in [9.17, 15) is 18.0 Å². The third-order valence-electron chi connectivity index (χ3n) is 5.70. The lowest BCUT2D eigenvalue weighted by atomic mass is 10.0. The van der Waals surface area contributed by atoms with Gasteiger partial charge in [-0.2, -0.15) is 13.2 Å². The predicted molar refractivity (Wildman–Crippen MR) is 119 cm³/mol. The molecule has 0 bridgehead atoms. The molecule has 0 aliphatic carbocycles. The fourth-order valence-corrected chi connectivity index (χ4v) is 3.79. The first-order valence-electron chi connectivity index (χ1n) is 11.1. The molecule has 2 aromatic carbocycles. The van der Waals surface area contributed by atoms with E-state index in [2.05, 4.69) is 10.5 Å². The van der Waals surface area contributed by atoms with Crippen LogP contribution in [0.2, 0.25) is 0 Å². The van der Waals surface area contributed by atoms with Crippen molar-refractivity contribution in [2.45, 2.75) is 38.5 Å². The summed E-state index contributed by atoms with van der Waals surface area (Å²) >= 11 is 0. The molecule has 1 amide bonds. The van der Waals surface area contributed by atoms with Gasteiger partial charge in [0.2, 0.25) is 0 Å². The summed E-state index contributed by atoms with van der Waals surface area (Å²) in [7, 11) is 0. The van der Waals surface area contributed by atoms with Crippen LogP contribution in [0, 0.1) is 6.92 Å². The zero-order valence-electron chi connectivity index (χ0n) is 18.7. The summed E-state index contributed by atoms with van der Waals surface area (Å²) in [6.45, 7) is 2.91. The fourth-order valence-electron chi connectivity index (χ4n) is 3.79. The van der Waals surface area contributed by atoms with E-state index < -0.39 is 11.7 Å². The number of ether oxygens (including phenoxy) is 2. The fraction of sp³-hybridized carbons (Fsp3) is 0.360. The third-order valence-corrected chi connectivity index (χ3v) is 5.70. The first kappa shape index (κ1) is 23.8. The molecular formula is C25H25F3N2O4. The Labute approximate surface area is 195 Å². The first-order valence-corrected chi connectivity index (χ1v) is 11.1. The molecule has 1 fully saturated rings. The van der Waals surface area contributed by atoms with Crippen molar-refractivity contribution in [1.29, 1.82) is 0 Å². The average Bonchev–Trinajstić information content (AvgIpc) is 3.23. The highest BCUT2D eigenvalue weighted by Crippen LogP contribution is 2.34. The molecule has 4 rings (SSSR count). The van der Waals surface area contributed by atoms with Gasteiger partial charge >= 0.3 is 6.18 Å². The van der Waals surface area contributed by atoms with E-state index in [1.54, 1.807) is 31.2 Å². The van der Waals surface area contributed by atoms with Gasteiger partial charge in [0.25, 0.3) is 5.91 Å². The molecule has 1 aromatic heterocycles. The van der Waals surface area contributed by atoms with Crippen LogP contribution in [0.5, 0.6) is 5.75 Å². The van der Waals surface area contributed by atoms with Crippen LogP contribution in [-0.4, -0.2) is 36.9 Å². The van der Waals surface area contributed by atoms with Gasteiger partial charge in [-0.1, -0.05) is 17.3 Å². The molecule has 3 aromatic rings. The number of carbonyl (C=O) groups is 1. The highest BCUT2D eigenvalue weighted by Gasteiger charge is 2.30. The second kappa shape index (κ2) is 10.3. The number of nitrogens with zero attached hydrogens (tertiary/aromatic N) is 1. The van der Waals surface area contributed by atoms with Crippen molar-refractivity contribution in [3.8, 4) is 28.3 Å². The number of alkyl halides is 3. The average molecular weight is 474 g/mol. The molecule has 180 valence electrons. The number of amides is 1. The minimum absolute atomic E-state index is 0.0650. The maximum absolute atomic E-state index is 12.8. The molecule has 2 heterocycles. The van der Waals surface area contributed by atoms with Crippen molar-refractivity contribution in [3.05, 3.63) is 59.7 Å². The minimum atomic E-state index is -4.39. The van der Waals surface area contributed by atoms with Crippen LogP contribution in [-0.2, 0) is 15.7 Å². The van der Waals surface area contributed by atoms with Crippen molar-refractivity contribution in [3.63, 3.8) is 0 Å². The van der Waals surface area contributed by atoms with Crippen LogP contribution in [0.15, 0.2) is 53.1 Å². The number of hydrogen-bond donors (Lipinski definition) is 1. The Morgan fingerprint density at radius 3 is 2.44 bits per heavy atom. The van der Waals surface area contributed by atoms with Gasteiger partial charge in [0, 0.05) is 29.8 Å². The largest absolute Gasteiger partial charge is 0.484 e. The van der Waals surface area contributed by atoms with Gasteiger partial charge in [0.15, 0.2) is 12.4 Å². The molecule has 6 nitrogen and oxygen atoms in total. The maximum Gasteiger partial charge on any atom is 0.416 e. The van der Waals surface area contributed by atoms with E-state index in [-0.39, 0.29) is 18.6 Å². The van der Waals surface area contributed by atoms with Crippen LogP contribution in [0.1, 0.15) is 30.4 Å². The molecular weight excluding hydrogens is 449 g/mol. The standard InChI is InChI=1S/C25H25F3N2O4/c1-16-23(30-34-24(16)18-5-9-19(10-6-18)25(26,27)28)17-7-11-20(12-8-17)33-15-22(31)29-14-21-4-2-3-13-32-21/h5-12,21H,2-4,13-15H2,1H3,(H,29,31). The van der Waals surface area contributed by atoms with Crippen molar-refractivity contribution < 1.29 is 32.0 Å². The van der Waals surface area contributed by atoms with E-state index in [1.165, 1.54) is 12.1 Å². The van der Waals surface area contributed by atoms with Crippen LogP contribution in [0.25, 0.3) is 22.6 Å². The number of nitrogens with one attached hydrogen (secondary N) is 1. The first-order chi connectivity index (χ1) is 16.3. The minimum Gasteiger partial charge on any atom is -0.484 e. The van der Waals surface area contributed by atoms with Gasteiger partial charge in [-0.25, -0.2) is 0 Å². The van der Waals surface area contributed by atoms with Crippen LogP contribution in [0.3, 0.4) is 0 Å². The molecule has 9 heteroatoms. The monoisotopic (exact) mass is 474 g/mol. The number of aromatic nitrogens is 1. The number of halogens is 3. The normalized spacial score (nSPS) is 16.3. The Bertz CT molecular complexity index is 1100. The lowest BCUT2D eigenvalue weighted by Crippen LogP contribution is -2.37. The van der Waals surface area contributed by atoms with Crippen LogP contribution in [0.4, 0.5) is 13.2 Å². The molecule has 1 aliphatic rings. The summed E-state index contributed by atoms with van der Waals surface area (Å²) < 4.78 is 55.0. The Morgan fingerprint density at radius 1 is 1.09 bits per heavy atom. The summed E-state index contributed by atoms with van der Waals surface area (Å²) in [6, 6.07) is 11.8. The molecule has 1 atom stereocenters. The topological polar surface area (TPSA) is 73.6 Å². The van der Waals surface area contributed by atoms with E-state index in [0.29, 0.717) is 34.9 Å². The molecule has 1 saturated heterocycles. The SMILES string of the molecule is Cc1c(-c2ccc(OCC(=O)NCC3CCCCO3)cc2)noc1-c1ccc(C(F)(F)F)cc1. The Morgan fingerprint density at radius 2 is 1.79 bits per heavy atom. The number of rotatable bonds is 7. The predicted octanol–water partition coefficient (Wildman–Crippen LogP) is 5.40. The Balaban J connectivity index is 1.35. The number of hydrogen-bond acceptors (Lipinski definition) is 5. The highest BCUT2D eigenvalue weighted by molar-refractivity contribution is 5.77. The third kappa shape index (κ3) is 5.77. The summed E-state index contributed by atoms with van der Waals surface area (Å²) in [4.78, 5) is 12.0. The summed E-state index contributed by atoms with van der Waals surface area (Å²) in [5, 5.41) is 6.92. The van der Waals surface area contributed by atoms with Crippen LogP contribution >= 0.6 is 0 Å². The lowest BCUT2D eigenvalue weighted by molar-refractivity contribution is -0.137. The smallest absolute Gasteiger partial charge is 0.416 e. The van der Waals surface area contributed by atoms with Gasteiger partial charge < -0.3 is 19.3 Å². The van der Waals surface area contributed by atoms with Crippen molar-refractivity contribution in [2.75, 3.05) is 19.8 Å². The summed E-state index contributed by atoms with van der Waals surface area (Å²) in [5.41, 5.74) is 1.82. The molecule has 0 spiro atoms. The second-order valence-corrected chi connectivity index (χ2v) is 8.17. The molecule has 1 aliphatic heterocycles. The zero-order valence-corrected chi connectivity index (χ0v) is 18.7. The van der Waals surface area contributed by atoms with Gasteiger partial charge in [-0.05, 0) is 62.6 Å². The van der Waals surface area contributed by atoms with Gasteiger partial charge in [-0.15, -0.1) is 0 Å². The highest BCUT2D eigenvalue weighted by atomic mass is 19.4.